The molecular formula is C21H25ClN2O3S. The van der Waals surface area contributed by atoms with Crippen molar-refractivity contribution in [1.29, 1.82) is 0 Å². The van der Waals surface area contributed by atoms with Gasteiger partial charge < -0.3 is 5.32 Å². The van der Waals surface area contributed by atoms with Crippen LogP contribution in [0.2, 0.25) is 5.02 Å². The van der Waals surface area contributed by atoms with E-state index in [0.717, 1.165) is 12.0 Å². The van der Waals surface area contributed by atoms with Gasteiger partial charge in [-0.1, -0.05) is 51.4 Å². The largest absolute Gasteiger partial charge is 0.355 e. The zero-order chi connectivity index (χ0) is 20.9. The second-order valence-electron chi connectivity index (χ2n) is 7.50. The highest BCUT2D eigenvalue weighted by Gasteiger charge is 2.20. The van der Waals surface area contributed by atoms with Crippen molar-refractivity contribution in [2.75, 3.05) is 6.54 Å². The molecule has 2 rings (SSSR count). The molecule has 0 fully saturated rings. The predicted octanol–water partition coefficient (Wildman–Crippen LogP) is 2.31. The van der Waals surface area contributed by atoms with Gasteiger partial charge in [-0.2, -0.15) is 0 Å². The summed E-state index contributed by atoms with van der Waals surface area (Å²) in [6, 6.07) is 7.11. The van der Waals surface area contributed by atoms with Gasteiger partial charge in [-0.15, -0.1) is 11.3 Å². The van der Waals surface area contributed by atoms with Crippen LogP contribution in [0, 0.1) is 5.41 Å². The number of benzene rings is 1. The van der Waals surface area contributed by atoms with E-state index in [1.165, 1.54) is 22.0 Å². The Morgan fingerprint density at radius 2 is 1.86 bits per heavy atom. The molecule has 0 saturated carbocycles. The number of hydrogen-bond donors (Lipinski definition) is 1. The SMILES string of the molecule is CCCNC(=O)Cn1c(=O)/c(=C/c2ccc(Cl)cc2)s/c1=C\C(=O)C(C)(C)C. The minimum atomic E-state index is -0.574. The number of nitrogens with zero attached hydrogens (tertiary/aromatic N) is 1. The molecule has 1 aromatic carbocycles. The first-order chi connectivity index (χ1) is 13.1. The normalized spacial score (nSPS) is 13.0. The van der Waals surface area contributed by atoms with Gasteiger partial charge in [0.2, 0.25) is 5.91 Å². The second-order valence-corrected chi connectivity index (χ2v) is 9.00. The third kappa shape index (κ3) is 5.91. The van der Waals surface area contributed by atoms with Crippen molar-refractivity contribution < 1.29 is 9.59 Å². The summed E-state index contributed by atoms with van der Waals surface area (Å²) in [4.78, 5) is 37.6. The monoisotopic (exact) mass is 420 g/mol. The molecule has 150 valence electrons. The van der Waals surface area contributed by atoms with Crippen molar-refractivity contribution in [2.24, 2.45) is 5.41 Å². The summed E-state index contributed by atoms with van der Waals surface area (Å²) in [6.07, 6.45) is 4.00. The smallest absolute Gasteiger partial charge is 0.269 e. The summed E-state index contributed by atoms with van der Waals surface area (Å²) < 4.78 is 2.29. The van der Waals surface area contributed by atoms with E-state index in [2.05, 4.69) is 5.32 Å². The van der Waals surface area contributed by atoms with Gasteiger partial charge in [0.05, 0.1) is 4.53 Å². The number of rotatable bonds is 6. The standard InChI is InChI=1S/C21H25ClN2O3S/c1-5-10-23-18(26)13-24-19(12-17(25)21(2,3)4)28-16(20(24)27)11-14-6-8-15(22)9-7-14/h6-9,11-12H,5,10,13H2,1-4H3,(H,23,26)/b16-11-,19-12-. The van der Waals surface area contributed by atoms with Crippen LogP contribution in [-0.4, -0.2) is 22.8 Å². The Morgan fingerprint density at radius 1 is 1.21 bits per heavy atom. The number of thiazole rings is 1. The van der Waals surface area contributed by atoms with Gasteiger partial charge in [-0.3, -0.25) is 19.0 Å². The number of ketones is 1. The minimum absolute atomic E-state index is 0.102. The maximum absolute atomic E-state index is 12.9. The predicted molar refractivity (Wildman–Crippen MR) is 115 cm³/mol. The van der Waals surface area contributed by atoms with Gasteiger partial charge in [-0.05, 0) is 30.2 Å². The molecule has 1 N–H and O–H groups in total. The van der Waals surface area contributed by atoms with Crippen LogP contribution in [0.1, 0.15) is 39.7 Å². The Bertz CT molecular complexity index is 1030. The van der Waals surface area contributed by atoms with E-state index in [1.54, 1.807) is 18.2 Å². The highest BCUT2D eigenvalue weighted by Crippen LogP contribution is 2.15. The van der Waals surface area contributed by atoms with E-state index in [1.807, 2.05) is 39.8 Å². The summed E-state index contributed by atoms with van der Waals surface area (Å²) >= 11 is 7.11. The fraction of sp³-hybridized carbons (Fsp3) is 0.381. The molecule has 1 heterocycles. The molecule has 1 amide bonds. The number of carbonyl (C=O) groups excluding carboxylic acids is 2. The lowest BCUT2D eigenvalue weighted by atomic mass is 9.91. The van der Waals surface area contributed by atoms with Gasteiger partial charge in [0.1, 0.15) is 11.2 Å². The molecule has 0 saturated heterocycles. The molecule has 2 aromatic rings. The topological polar surface area (TPSA) is 68.2 Å². The van der Waals surface area contributed by atoms with Crippen molar-refractivity contribution >= 4 is 46.8 Å². The molecule has 0 atom stereocenters. The summed E-state index contributed by atoms with van der Waals surface area (Å²) in [6.45, 7) is 7.83. The molecule has 28 heavy (non-hydrogen) atoms. The van der Waals surface area contributed by atoms with Gasteiger partial charge in [0, 0.05) is 23.1 Å². The average Bonchev–Trinajstić information content (AvgIpc) is 2.90. The molecule has 0 aliphatic carbocycles. The van der Waals surface area contributed by atoms with E-state index in [4.69, 9.17) is 11.6 Å². The van der Waals surface area contributed by atoms with Crippen molar-refractivity contribution in [3.05, 3.63) is 54.4 Å². The Morgan fingerprint density at radius 3 is 2.43 bits per heavy atom. The van der Waals surface area contributed by atoms with E-state index < -0.39 is 5.41 Å². The maximum atomic E-state index is 12.9. The molecule has 1 aromatic heterocycles. The van der Waals surface area contributed by atoms with E-state index in [-0.39, 0.29) is 23.8 Å². The zero-order valence-electron chi connectivity index (χ0n) is 16.5. The Balaban J connectivity index is 2.57. The lowest BCUT2D eigenvalue weighted by Gasteiger charge is -2.12. The van der Waals surface area contributed by atoms with Crippen LogP contribution in [-0.2, 0) is 16.1 Å². The first-order valence-corrected chi connectivity index (χ1v) is 10.3. The average molecular weight is 421 g/mol. The van der Waals surface area contributed by atoms with E-state index >= 15 is 0 Å². The molecule has 0 unspecified atom stereocenters. The van der Waals surface area contributed by atoms with Gasteiger partial charge in [0.25, 0.3) is 5.56 Å². The number of amides is 1. The van der Waals surface area contributed by atoms with Crippen LogP contribution >= 0.6 is 22.9 Å². The van der Waals surface area contributed by atoms with Crippen LogP contribution in [0.3, 0.4) is 0 Å². The first kappa shape index (κ1) is 22.1. The third-order valence-corrected chi connectivity index (χ3v) is 5.28. The van der Waals surface area contributed by atoms with Crippen LogP contribution in [0.15, 0.2) is 29.1 Å². The summed E-state index contributed by atoms with van der Waals surface area (Å²) in [5, 5.41) is 3.38. The lowest BCUT2D eigenvalue weighted by molar-refractivity contribution is -0.122. The highest BCUT2D eigenvalue weighted by atomic mass is 35.5. The molecule has 0 radical (unpaired) electrons. The number of aromatic nitrogens is 1. The van der Waals surface area contributed by atoms with E-state index in [9.17, 15) is 14.4 Å². The zero-order valence-corrected chi connectivity index (χ0v) is 18.1. The molecule has 5 nitrogen and oxygen atoms in total. The molecule has 0 aliphatic heterocycles. The first-order valence-electron chi connectivity index (χ1n) is 9.11. The summed E-state index contributed by atoms with van der Waals surface area (Å²) in [5.74, 6) is -0.354. The van der Waals surface area contributed by atoms with Gasteiger partial charge in [0.15, 0.2) is 5.78 Å². The van der Waals surface area contributed by atoms with E-state index in [0.29, 0.717) is 20.8 Å². The van der Waals surface area contributed by atoms with Crippen LogP contribution in [0.4, 0.5) is 0 Å². The van der Waals surface area contributed by atoms with Crippen molar-refractivity contribution in [3.8, 4) is 0 Å². The maximum Gasteiger partial charge on any atom is 0.269 e. The van der Waals surface area contributed by atoms with Crippen LogP contribution in [0.5, 0.6) is 0 Å². The Hall–Kier alpha value is -2.18. The number of hydrogen-bond acceptors (Lipinski definition) is 4. The quantitative estimate of drug-likeness (QED) is 0.779. The number of nitrogens with one attached hydrogen (secondary N) is 1. The third-order valence-electron chi connectivity index (χ3n) is 3.97. The number of carbonyl (C=O) groups is 2. The number of halogens is 1. The Labute approximate surface area is 173 Å². The Kier molecular flexibility index (Phi) is 7.38. The van der Waals surface area contributed by atoms with Gasteiger partial charge >= 0.3 is 0 Å². The fourth-order valence-electron chi connectivity index (χ4n) is 2.30. The second kappa shape index (κ2) is 9.34. The minimum Gasteiger partial charge on any atom is -0.355 e. The summed E-state index contributed by atoms with van der Waals surface area (Å²) in [5.41, 5.74) is -0.0475. The molecular weight excluding hydrogens is 396 g/mol. The van der Waals surface area contributed by atoms with Crippen molar-refractivity contribution in [1.82, 2.24) is 9.88 Å². The number of Topliss-reactive ketones (excluding diaryl/α,β-unsaturated/α-hetero) is 1. The molecule has 0 aliphatic rings. The molecule has 0 spiro atoms. The van der Waals surface area contributed by atoms with Crippen molar-refractivity contribution in [3.63, 3.8) is 0 Å². The van der Waals surface area contributed by atoms with Crippen molar-refractivity contribution in [2.45, 2.75) is 40.7 Å². The molecule has 7 heteroatoms. The summed E-state index contributed by atoms with van der Waals surface area (Å²) in [7, 11) is 0. The van der Waals surface area contributed by atoms with Crippen LogP contribution in [0.25, 0.3) is 12.2 Å². The molecule has 0 bridgehead atoms. The lowest BCUT2D eigenvalue weighted by Crippen LogP contribution is -2.38. The highest BCUT2D eigenvalue weighted by molar-refractivity contribution is 7.07. The van der Waals surface area contributed by atoms with Crippen LogP contribution < -0.4 is 20.1 Å². The fourth-order valence-corrected chi connectivity index (χ4v) is 3.46. The van der Waals surface area contributed by atoms with Gasteiger partial charge in [-0.25, -0.2) is 0 Å².